The van der Waals surface area contributed by atoms with E-state index >= 15 is 0 Å². The third-order valence-corrected chi connectivity index (χ3v) is 2.20. The van der Waals surface area contributed by atoms with Crippen molar-refractivity contribution in [1.29, 1.82) is 0 Å². The second kappa shape index (κ2) is 4.19. The first-order valence-electron chi connectivity index (χ1n) is 4.78. The lowest BCUT2D eigenvalue weighted by Gasteiger charge is -2.01. The maximum atomic E-state index is 8.86. The smallest absolute Gasteiger partial charge is 0.159 e. The summed E-state index contributed by atoms with van der Waals surface area (Å²) in [5.74, 6) is 0.687. The molecule has 0 radical (unpaired) electrons. The largest absolute Gasteiger partial charge is 0.392 e. The Morgan fingerprint density at radius 2 is 1.67 bits per heavy atom. The fraction of sp³-hybridized carbons (Fsp3) is 0.167. The monoisotopic (exact) mass is 200 g/mol. The molecule has 0 aliphatic rings. The molecule has 1 N–H and O–H groups in total. The Morgan fingerprint density at radius 3 is 2.20 bits per heavy atom. The number of aromatic nitrogens is 2. The summed E-state index contributed by atoms with van der Waals surface area (Å²) in [6.07, 6.45) is 3.28. The first-order chi connectivity index (χ1) is 7.29. The van der Waals surface area contributed by atoms with Crippen LogP contribution in [0.1, 0.15) is 11.1 Å². The van der Waals surface area contributed by atoms with Crippen molar-refractivity contribution in [3.63, 3.8) is 0 Å². The lowest BCUT2D eigenvalue weighted by molar-refractivity contribution is 0.281. The van der Waals surface area contributed by atoms with Gasteiger partial charge in [0.05, 0.1) is 6.61 Å². The average molecular weight is 200 g/mol. The third kappa shape index (κ3) is 2.19. The molecule has 0 fully saturated rings. The van der Waals surface area contributed by atoms with E-state index < -0.39 is 0 Å². The summed E-state index contributed by atoms with van der Waals surface area (Å²) in [6.45, 7) is 2.02. The molecule has 1 aromatic heterocycles. The van der Waals surface area contributed by atoms with Crippen molar-refractivity contribution in [2.24, 2.45) is 0 Å². The maximum absolute atomic E-state index is 8.86. The van der Waals surface area contributed by atoms with Crippen LogP contribution in [0.5, 0.6) is 0 Å². The van der Waals surface area contributed by atoms with E-state index in [4.69, 9.17) is 5.11 Å². The van der Waals surface area contributed by atoms with Gasteiger partial charge >= 0.3 is 0 Å². The van der Waals surface area contributed by atoms with Crippen LogP contribution < -0.4 is 0 Å². The normalized spacial score (nSPS) is 10.3. The van der Waals surface area contributed by atoms with Crippen molar-refractivity contribution >= 4 is 0 Å². The van der Waals surface area contributed by atoms with E-state index in [1.807, 2.05) is 31.2 Å². The number of benzene rings is 1. The number of hydrogen-bond acceptors (Lipinski definition) is 3. The van der Waals surface area contributed by atoms with Gasteiger partial charge in [-0.2, -0.15) is 0 Å². The molecule has 3 nitrogen and oxygen atoms in total. The highest BCUT2D eigenvalue weighted by molar-refractivity contribution is 5.54. The van der Waals surface area contributed by atoms with Crippen LogP contribution >= 0.6 is 0 Å². The van der Waals surface area contributed by atoms with Crippen molar-refractivity contribution in [1.82, 2.24) is 9.97 Å². The van der Waals surface area contributed by atoms with E-state index in [9.17, 15) is 0 Å². The molecule has 76 valence electrons. The van der Waals surface area contributed by atoms with Crippen LogP contribution in [0, 0.1) is 6.92 Å². The molecular weight excluding hydrogens is 188 g/mol. The van der Waals surface area contributed by atoms with Gasteiger partial charge in [-0.05, 0) is 6.92 Å². The quantitative estimate of drug-likeness (QED) is 0.805. The molecule has 15 heavy (non-hydrogen) atoms. The summed E-state index contributed by atoms with van der Waals surface area (Å²) in [5.41, 5.74) is 2.93. The van der Waals surface area contributed by atoms with Crippen LogP contribution in [0.3, 0.4) is 0 Å². The minimum absolute atomic E-state index is 0.0197. The zero-order chi connectivity index (χ0) is 10.7. The molecule has 0 bridgehead atoms. The Labute approximate surface area is 88.5 Å². The molecule has 0 aliphatic carbocycles. The van der Waals surface area contributed by atoms with Crippen LogP contribution in [-0.4, -0.2) is 15.1 Å². The highest BCUT2D eigenvalue weighted by atomic mass is 16.3. The number of rotatable bonds is 2. The number of aliphatic hydroxyl groups excluding tert-OH is 1. The van der Waals surface area contributed by atoms with Crippen molar-refractivity contribution in [2.45, 2.75) is 13.5 Å². The van der Waals surface area contributed by atoms with E-state index in [2.05, 4.69) is 9.97 Å². The molecule has 1 aromatic carbocycles. The van der Waals surface area contributed by atoms with Gasteiger partial charge in [0.2, 0.25) is 0 Å². The van der Waals surface area contributed by atoms with Gasteiger partial charge in [0.1, 0.15) is 0 Å². The SMILES string of the molecule is Cc1ccc(-c2ncc(CO)cn2)cc1. The van der Waals surface area contributed by atoms with Gasteiger partial charge in [0.25, 0.3) is 0 Å². The van der Waals surface area contributed by atoms with Crippen molar-refractivity contribution in [2.75, 3.05) is 0 Å². The lowest BCUT2D eigenvalue weighted by Crippen LogP contribution is -1.92. The molecule has 1 heterocycles. The Balaban J connectivity index is 2.33. The van der Waals surface area contributed by atoms with E-state index in [-0.39, 0.29) is 6.61 Å². The van der Waals surface area contributed by atoms with Gasteiger partial charge in [-0.25, -0.2) is 9.97 Å². The molecule has 0 amide bonds. The van der Waals surface area contributed by atoms with Gasteiger partial charge in [0, 0.05) is 23.5 Å². The second-order valence-electron chi connectivity index (χ2n) is 3.44. The number of nitrogens with zero attached hydrogens (tertiary/aromatic N) is 2. The number of hydrogen-bond donors (Lipinski definition) is 1. The van der Waals surface area contributed by atoms with Gasteiger partial charge in [-0.1, -0.05) is 29.8 Å². The van der Waals surface area contributed by atoms with Gasteiger partial charge in [-0.15, -0.1) is 0 Å². The Bertz CT molecular complexity index is 434. The maximum Gasteiger partial charge on any atom is 0.159 e. The highest BCUT2D eigenvalue weighted by Gasteiger charge is 2.00. The molecule has 0 atom stereocenters. The third-order valence-electron chi connectivity index (χ3n) is 2.20. The summed E-state index contributed by atoms with van der Waals surface area (Å²) in [5, 5.41) is 8.86. The zero-order valence-electron chi connectivity index (χ0n) is 8.51. The van der Waals surface area contributed by atoms with E-state index in [1.165, 1.54) is 5.56 Å². The second-order valence-corrected chi connectivity index (χ2v) is 3.44. The minimum atomic E-state index is -0.0197. The van der Waals surface area contributed by atoms with Gasteiger partial charge < -0.3 is 5.11 Å². The van der Waals surface area contributed by atoms with Crippen molar-refractivity contribution in [3.05, 3.63) is 47.8 Å². The van der Waals surface area contributed by atoms with E-state index in [1.54, 1.807) is 12.4 Å². The van der Waals surface area contributed by atoms with Crippen molar-refractivity contribution in [3.8, 4) is 11.4 Å². The Hall–Kier alpha value is -1.74. The number of aliphatic hydroxyl groups is 1. The van der Waals surface area contributed by atoms with Gasteiger partial charge in [-0.3, -0.25) is 0 Å². The molecule has 0 unspecified atom stereocenters. The summed E-state index contributed by atoms with van der Waals surface area (Å²) < 4.78 is 0. The van der Waals surface area contributed by atoms with Crippen molar-refractivity contribution < 1.29 is 5.11 Å². The zero-order valence-corrected chi connectivity index (χ0v) is 8.51. The van der Waals surface area contributed by atoms with Crippen LogP contribution in [0.4, 0.5) is 0 Å². The summed E-state index contributed by atoms with van der Waals surface area (Å²) in [4.78, 5) is 8.36. The average Bonchev–Trinajstić information content (AvgIpc) is 2.30. The molecule has 0 spiro atoms. The fourth-order valence-corrected chi connectivity index (χ4v) is 1.29. The predicted octanol–water partition coefficient (Wildman–Crippen LogP) is 1.94. The molecule has 2 aromatic rings. The summed E-state index contributed by atoms with van der Waals surface area (Å²) in [6, 6.07) is 8.03. The fourth-order valence-electron chi connectivity index (χ4n) is 1.29. The van der Waals surface area contributed by atoms with Crippen LogP contribution in [0.2, 0.25) is 0 Å². The van der Waals surface area contributed by atoms with Crippen LogP contribution in [-0.2, 0) is 6.61 Å². The molecule has 0 aliphatic heterocycles. The molecular formula is C12H12N2O. The standard InChI is InChI=1S/C12H12N2O/c1-9-2-4-11(5-3-9)12-13-6-10(8-15)7-14-12/h2-7,15H,8H2,1H3. The van der Waals surface area contributed by atoms with Gasteiger partial charge in [0.15, 0.2) is 5.82 Å². The van der Waals surface area contributed by atoms with Crippen LogP contribution in [0.25, 0.3) is 11.4 Å². The first kappa shape index (κ1) is 9.80. The predicted molar refractivity (Wildman–Crippen MR) is 58.1 cm³/mol. The van der Waals surface area contributed by atoms with E-state index in [0.29, 0.717) is 5.82 Å². The number of aryl methyl sites for hydroxylation is 1. The molecule has 2 rings (SSSR count). The highest BCUT2D eigenvalue weighted by Crippen LogP contribution is 2.14. The molecule has 0 saturated carbocycles. The summed E-state index contributed by atoms with van der Waals surface area (Å²) >= 11 is 0. The lowest BCUT2D eigenvalue weighted by atomic mass is 10.1. The molecule has 3 heteroatoms. The van der Waals surface area contributed by atoms with Crippen LogP contribution in [0.15, 0.2) is 36.7 Å². The Kier molecular flexibility index (Phi) is 2.74. The summed E-state index contributed by atoms with van der Waals surface area (Å²) in [7, 11) is 0. The first-order valence-corrected chi connectivity index (χ1v) is 4.78. The topological polar surface area (TPSA) is 46.0 Å². The Morgan fingerprint density at radius 1 is 1.07 bits per heavy atom. The minimum Gasteiger partial charge on any atom is -0.392 e. The van der Waals surface area contributed by atoms with E-state index in [0.717, 1.165) is 11.1 Å². The molecule has 0 saturated heterocycles.